The van der Waals surface area contributed by atoms with Crippen molar-refractivity contribution in [3.8, 4) is 0 Å². The number of nitrogens with one attached hydrogen (secondary N) is 2. The summed E-state index contributed by atoms with van der Waals surface area (Å²) in [5.41, 5.74) is -1.18. The molecule has 0 aliphatic rings. The lowest BCUT2D eigenvalue weighted by Gasteiger charge is -2.19. The normalized spacial score (nSPS) is 11.2. The third kappa shape index (κ3) is 8.73. The highest BCUT2D eigenvalue weighted by Gasteiger charge is 2.15. The lowest BCUT2D eigenvalue weighted by Crippen LogP contribution is -2.32. The number of rotatable bonds is 8. The SMILES string of the molecule is CC(C)(C)OC(=O)NCCCCCCC(=O)Nc1c(F)cc(F)cc1F. The van der Waals surface area contributed by atoms with E-state index in [0.29, 0.717) is 25.1 Å². The number of anilines is 1. The first kappa shape index (κ1) is 21.8. The van der Waals surface area contributed by atoms with E-state index in [2.05, 4.69) is 10.6 Å². The molecule has 26 heavy (non-hydrogen) atoms. The van der Waals surface area contributed by atoms with Crippen LogP contribution in [-0.2, 0) is 9.53 Å². The van der Waals surface area contributed by atoms with E-state index in [4.69, 9.17) is 4.74 Å². The van der Waals surface area contributed by atoms with Crippen LogP contribution in [-0.4, -0.2) is 24.1 Å². The molecule has 0 aliphatic heterocycles. The second-order valence-corrected chi connectivity index (χ2v) is 6.89. The van der Waals surface area contributed by atoms with Gasteiger partial charge in [0, 0.05) is 25.1 Å². The Kier molecular flexibility index (Phi) is 8.41. The van der Waals surface area contributed by atoms with Gasteiger partial charge in [0.15, 0.2) is 11.6 Å². The standard InChI is InChI=1S/C18H25F3N2O3/c1-18(2,3)26-17(25)22-9-7-5-4-6-8-15(24)23-16-13(20)10-12(19)11-14(16)21/h10-11H,4-9H2,1-3H3,(H,22,25)(H,23,24). The Morgan fingerprint density at radius 2 is 1.58 bits per heavy atom. The highest BCUT2D eigenvalue weighted by atomic mass is 19.1. The monoisotopic (exact) mass is 374 g/mol. The van der Waals surface area contributed by atoms with Crippen LogP contribution in [0.3, 0.4) is 0 Å². The average molecular weight is 374 g/mol. The number of carbonyl (C=O) groups excluding carboxylic acids is 2. The van der Waals surface area contributed by atoms with E-state index in [1.54, 1.807) is 20.8 Å². The quantitative estimate of drug-likeness (QED) is 0.658. The van der Waals surface area contributed by atoms with Crippen LogP contribution >= 0.6 is 0 Å². The van der Waals surface area contributed by atoms with Crippen molar-refractivity contribution in [2.24, 2.45) is 0 Å². The summed E-state index contributed by atoms with van der Waals surface area (Å²) < 4.78 is 44.7. The maximum absolute atomic E-state index is 13.4. The second-order valence-electron chi connectivity index (χ2n) is 6.89. The van der Waals surface area contributed by atoms with Gasteiger partial charge in [-0.15, -0.1) is 0 Å². The van der Waals surface area contributed by atoms with Crippen LogP contribution in [0, 0.1) is 17.5 Å². The molecule has 0 unspecified atom stereocenters. The van der Waals surface area contributed by atoms with E-state index < -0.39 is 40.7 Å². The molecule has 0 heterocycles. The molecule has 146 valence electrons. The Labute approximate surface area is 151 Å². The Hall–Kier alpha value is -2.25. The van der Waals surface area contributed by atoms with Gasteiger partial charge in [0.25, 0.3) is 0 Å². The molecule has 0 fully saturated rings. The summed E-state index contributed by atoms with van der Waals surface area (Å²) in [7, 11) is 0. The molecule has 8 heteroatoms. The fourth-order valence-electron chi connectivity index (χ4n) is 2.13. The number of ether oxygens (including phenoxy) is 1. The minimum absolute atomic E-state index is 0.0930. The third-order valence-corrected chi connectivity index (χ3v) is 3.27. The highest BCUT2D eigenvalue weighted by Crippen LogP contribution is 2.20. The van der Waals surface area contributed by atoms with E-state index in [1.165, 1.54) is 0 Å². The van der Waals surface area contributed by atoms with Crippen LogP contribution in [0.25, 0.3) is 0 Å². The molecular formula is C18H25F3N2O3. The molecule has 0 radical (unpaired) electrons. The molecular weight excluding hydrogens is 349 g/mol. The lowest BCUT2D eigenvalue weighted by atomic mass is 10.1. The van der Waals surface area contributed by atoms with Gasteiger partial charge in [-0.05, 0) is 33.6 Å². The van der Waals surface area contributed by atoms with Crippen molar-refractivity contribution < 1.29 is 27.5 Å². The first-order chi connectivity index (χ1) is 12.1. The van der Waals surface area contributed by atoms with Gasteiger partial charge in [-0.3, -0.25) is 4.79 Å². The maximum Gasteiger partial charge on any atom is 0.407 e. The summed E-state index contributed by atoms with van der Waals surface area (Å²) >= 11 is 0. The number of carbonyl (C=O) groups is 2. The minimum Gasteiger partial charge on any atom is -0.444 e. The van der Waals surface area contributed by atoms with Gasteiger partial charge < -0.3 is 15.4 Å². The third-order valence-electron chi connectivity index (χ3n) is 3.27. The van der Waals surface area contributed by atoms with E-state index in [1.807, 2.05) is 0 Å². The average Bonchev–Trinajstić information content (AvgIpc) is 2.48. The molecule has 0 saturated heterocycles. The van der Waals surface area contributed by atoms with Crippen LogP contribution in [0.4, 0.5) is 23.7 Å². The summed E-state index contributed by atoms with van der Waals surface area (Å²) in [6.07, 6.45) is 2.38. The molecule has 0 atom stereocenters. The van der Waals surface area contributed by atoms with Crippen LogP contribution < -0.4 is 10.6 Å². The zero-order valence-corrected chi connectivity index (χ0v) is 15.3. The van der Waals surface area contributed by atoms with Crippen molar-refractivity contribution in [3.63, 3.8) is 0 Å². The smallest absolute Gasteiger partial charge is 0.407 e. The van der Waals surface area contributed by atoms with Gasteiger partial charge in [-0.1, -0.05) is 12.8 Å². The van der Waals surface area contributed by atoms with Crippen LogP contribution in [0.2, 0.25) is 0 Å². The first-order valence-electron chi connectivity index (χ1n) is 8.50. The Morgan fingerprint density at radius 3 is 2.15 bits per heavy atom. The van der Waals surface area contributed by atoms with Gasteiger partial charge in [0.2, 0.25) is 5.91 Å². The van der Waals surface area contributed by atoms with Crippen molar-refractivity contribution >= 4 is 17.7 Å². The first-order valence-corrected chi connectivity index (χ1v) is 8.50. The molecule has 2 N–H and O–H groups in total. The summed E-state index contributed by atoms with van der Waals surface area (Å²) in [4.78, 5) is 23.1. The van der Waals surface area contributed by atoms with Crippen molar-refractivity contribution in [2.75, 3.05) is 11.9 Å². The minimum atomic E-state index is -1.15. The second kappa shape index (κ2) is 10.0. The Bertz CT molecular complexity index is 608. The van der Waals surface area contributed by atoms with Gasteiger partial charge in [0.05, 0.1) is 0 Å². The van der Waals surface area contributed by atoms with Crippen molar-refractivity contribution in [1.29, 1.82) is 0 Å². The molecule has 2 amide bonds. The molecule has 0 aliphatic carbocycles. The van der Waals surface area contributed by atoms with Gasteiger partial charge in [0.1, 0.15) is 17.1 Å². The molecule has 0 aromatic heterocycles. The zero-order chi connectivity index (χ0) is 19.7. The number of halogens is 3. The molecule has 0 bridgehead atoms. The fourth-order valence-corrected chi connectivity index (χ4v) is 2.13. The Morgan fingerprint density at radius 1 is 1.00 bits per heavy atom. The summed E-state index contributed by atoms with van der Waals surface area (Å²) in [6.45, 7) is 5.80. The van der Waals surface area contributed by atoms with E-state index in [0.717, 1.165) is 19.3 Å². The maximum atomic E-state index is 13.4. The van der Waals surface area contributed by atoms with E-state index in [9.17, 15) is 22.8 Å². The van der Waals surface area contributed by atoms with Gasteiger partial charge in [-0.25, -0.2) is 18.0 Å². The number of hydrogen-bond acceptors (Lipinski definition) is 3. The highest BCUT2D eigenvalue weighted by molar-refractivity contribution is 5.90. The Balaban J connectivity index is 2.17. The zero-order valence-electron chi connectivity index (χ0n) is 15.3. The van der Waals surface area contributed by atoms with Crippen LogP contribution in [0.15, 0.2) is 12.1 Å². The number of alkyl carbamates (subject to hydrolysis) is 1. The topological polar surface area (TPSA) is 67.4 Å². The fraction of sp³-hybridized carbons (Fsp3) is 0.556. The van der Waals surface area contributed by atoms with Crippen molar-refractivity contribution in [2.45, 2.75) is 58.5 Å². The molecule has 1 rings (SSSR count). The van der Waals surface area contributed by atoms with Crippen molar-refractivity contribution in [1.82, 2.24) is 5.32 Å². The molecule has 0 saturated carbocycles. The van der Waals surface area contributed by atoms with E-state index in [-0.39, 0.29) is 6.42 Å². The van der Waals surface area contributed by atoms with Crippen LogP contribution in [0.1, 0.15) is 52.9 Å². The molecule has 1 aromatic rings. The number of hydrogen-bond donors (Lipinski definition) is 2. The lowest BCUT2D eigenvalue weighted by molar-refractivity contribution is -0.116. The summed E-state index contributed by atoms with van der Waals surface area (Å²) in [5, 5.41) is 4.75. The summed E-state index contributed by atoms with van der Waals surface area (Å²) in [5.74, 6) is -3.88. The molecule has 5 nitrogen and oxygen atoms in total. The predicted octanol–water partition coefficient (Wildman–Crippen LogP) is 4.52. The van der Waals surface area contributed by atoms with Crippen molar-refractivity contribution in [3.05, 3.63) is 29.6 Å². The van der Waals surface area contributed by atoms with Crippen LogP contribution in [0.5, 0.6) is 0 Å². The van der Waals surface area contributed by atoms with Gasteiger partial charge in [-0.2, -0.15) is 0 Å². The number of amides is 2. The number of benzene rings is 1. The predicted molar refractivity (Wildman–Crippen MR) is 92.3 cm³/mol. The molecule has 1 aromatic carbocycles. The van der Waals surface area contributed by atoms with Gasteiger partial charge >= 0.3 is 6.09 Å². The number of unbranched alkanes of at least 4 members (excludes halogenated alkanes) is 3. The molecule has 0 spiro atoms. The van der Waals surface area contributed by atoms with E-state index >= 15 is 0 Å². The summed E-state index contributed by atoms with van der Waals surface area (Å²) in [6, 6.07) is 1.02. The largest absolute Gasteiger partial charge is 0.444 e.